The Morgan fingerprint density at radius 2 is 1.92 bits per heavy atom. The Hall–Kier alpha value is -2.11. The number of likely N-dealkylation sites (N-methyl/N-ethyl adjacent to an activating group) is 1. The number of ether oxygens (including phenoxy) is 1. The fourth-order valence-electron chi connectivity index (χ4n) is 1.97. The first-order valence-corrected chi connectivity index (χ1v) is 7.73. The number of amides is 1. The lowest BCUT2D eigenvalue weighted by Gasteiger charge is -2.17. The fraction of sp³-hybridized carbons (Fsp3) is 0.176. The van der Waals surface area contributed by atoms with Gasteiger partial charge in [-0.25, -0.2) is 9.18 Å². The van der Waals surface area contributed by atoms with Crippen LogP contribution in [0, 0.1) is 5.82 Å². The summed E-state index contributed by atoms with van der Waals surface area (Å²) in [6.45, 7) is -0.237. The SMILES string of the molecule is CN(Cc1cccc(F)c1)C(=O)COC(=O)c1ccc(Cl)cc1Cl. The molecule has 0 N–H and O–H groups in total. The number of esters is 1. The van der Waals surface area contributed by atoms with Crippen LogP contribution in [0.25, 0.3) is 0 Å². The van der Waals surface area contributed by atoms with Crippen molar-refractivity contribution in [1.29, 1.82) is 0 Å². The summed E-state index contributed by atoms with van der Waals surface area (Å²) in [6, 6.07) is 10.3. The van der Waals surface area contributed by atoms with Gasteiger partial charge in [-0.15, -0.1) is 0 Å². The zero-order chi connectivity index (χ0) is 17.7. The molecule has 0 aliphatic carbocycles. The third-order valence-corrected chi connectivity index (χ3v) is 3.76. The Morgan fingerprint density at radius 1 is 1.17 bits per heavy atom. The molecule has 0 aromatic heterocycles. The summed E-state index contributed by atoms with van der Waals surface area (Å²) < 4.78 is 18.1. The Morgan fingerprint density at radius 3 is 2.58 bits per heavy atom. The molecular weight excluding hydrogens is 356 g/mol. The molecule has 7 heteroatoms. The number of hydrogen-bond acceptors (Lipinski definition) is 3. The molecular formula is C17H14Cl2FNO3. The highest BCUT2D eigenvalue weighted by Crippen LogP contribution is 2.21. The van der Waals surface area contributed by atoms with Crippen molar-refractivity contribution < 1.29 is 18.7 Å². The van der Waals surface area contributed by atoms with E-state index in [1.807, 2.05) is 0 Å². The van der Waals surface area contributed by atoms with E-state index in [9.17, 15) is 14.0 Å². The minimum absolute atomic E-state index is 0.127. The summed E-state index contributed by atoms with van der Waals surface area (Å²) in [5.41, 5.74) is 0.763. The van der Waals surface area contributed by atoms with Crippen molar-refractivity contribution in [2.45, 2.75) is 6.54 Å². The Labute approximate surface area is 148 Å². The largest absolute Gasteiger partial charge is 0.452 e. The number of halogens is 3. The Kier molecular flexibility index (Phi) is 6.17. The van der Waals surface area contributed by atoms with Gasteiger partial charge < -0.3 is 9.64 Å². The molecule has 0 radical (unpaired) electrons. The summed E-state index contributed by atoms with van der Waals surface area (Å²) in [5, 5.41) is 0.538. The number of benzene rings is 2. The first-order chi connectivity index (χ1) is 11.4. The standard InChI is InChI=1S/C17H14Cl2FNO3/c1-21(9-11-3-2-4-13(20)7-11)16(22)10-24-17(23)14-6-5-12(18)8-15(14)19/h2-8H,9-10H2,1H3. The highest BCUT2D eigenvalue weighted by Gasteiger charge is 2.16. The second kappa shape index (κ2) is 8.13. The average Bonchev–Trinajstić information content (AvgIpc) is 2.52. The van der Waals surface area contributed by atoms with E-state index in [2.05, 4.69) is 0 Å². The summed E-state index contributed by atoms with van der Waals surface area (Å²) >= 11 is 11.7. The number of carbonyl (C=O) groups is 2. The predicted octanol–water partition coefficient (Wildman–Crippen LogP) is 3.95. The van der Waals surface area contributed by atoms with Crippen LogP contribution in [0.1, 0.15) is 15.9 Å². The first-order valence-electron chi connectivity index (χ1n) is 6.97. The van der Waals surface area contributed by atoms with E-state index in [0.717, 1.165) is 0 Å². The third kappa shape index (κ3) is 4.94. The maximum Gasteiger partial charge on any atom is 0.340 e. The van der Waals surface area contributed by atoms with E-state index in [0.29, 0.717) is 10.6 Å². The zero-order valence-electron chi connectivity index (χ0n) is 12.8. The molecule has 0 unspecified atom stereocenters. The van der Waals surface area contributed by atoms with Crippen LogP contribution in [0.4, 0.5) is 4.39 Å². The van der Waals surface area contributed by atoms with Crippen LogP contribution in [0.15, 0.2) is 42.5 Å². The summed E-state index contributed by atoms with van der Waals surface area (Å²) in [6.07, 6.45) is 0. The molecule has 0 atom stereocenters. The van der Waals surface area contributed by atoms with Crippen LogP contribution in [-0.4, -0.2) is 30.4 Å². The van der Waals surface area contributed by atoms with Gasteiger partial charge in [0, 0.05) is 18.6 Å². The van der Waals surface area contributed by atoms with Crippen molar-refractivity contribution in [3.63, 3.8) is 0 Å². The molecule has 126 valence electrons. The molecule has 0 spiro atoms. The van der Waals surface area contributed by atoms with E-state index in [4.69, 9.17) is 27.9 Å². The van der Waals surface area contributed by atoms with Gasteiger partial charge in [-0.05, 0) is 35.9 Å². The van der Waals surface area contributed by atoms with Gasteiger partial charge in [0.15, 0.2) is 6.61 Å². The quantitative estimate of drug-likeness (QED) is 0.749. The van der Waals surface area contributed by atoms with Gasteiger partial charge in [-0.1, -0.05) is 35.3 Å². The van der Waals surface area contributed by atoms with E-state index >= 15 is 0 Å². The van der Waals surface area contributed by atoms with E-state index in [1.54, 1.807) is 12.1 Å². The van der Waals surface area contributed by atoms with Crippen LogP contribution in [0.3, 0.4) is 0 Å². The van der Waals surface area contributed by atoms with Crippen LogP contribution in [-0.2, 0) is 16.1 Å². The molecule has 1 amide bonds. The van der Waals surface area contributed by atoms with Gasteiger partial charge in [0.25, 0.3) is 5.91 Å². The van der Waals surface area contributed by atoms with Crippen molar-refractivity contribution in [2.75, 3.05) is 13.7 Å². The molecule has 0 heterocycles. The van der Waals surface area contributed by atoms with Gasteiger partial charge in [-0.2, -0.15) is 0 Å². The Balaban J connectivity index is 1.91. The van der Waals surface area contributed by atoms with Crippen molar-refractivity contribution in [3.8, 4) is 0 Å². The van der Waals surface area contributed by atoms with Crippen molar-refractivity contribution in [3.05, 3.63) is 69.5 Å². The monoisotopic (exact) mass is 369 g/mol. The predicted molar refractivity (Wildman–Crippen MR) is 89.6 cm³/mol. The normalized spacial score (nSPS) is 10.3. The second-order valence-corrected chi connectivity index (χ2v) is 5.92. The molecule has 0 saturated carbocycles. The molecule has 0 saturated heterocycles. The van der Waals surface area contributed by atoms with Gasteiger partial charge >= 0.3 is 5.97 Å². The summed E-state index contributed by atoms with van der Waals surface area (Å²) in [7, 11) is 1.54. The smallest absolute Gasteiger partial charge is 0.340 e. The van der Waals surface area contributed by atoms with Gasteiger partial charge in [0.05, 0.1) is 10.6 Å². The topological polar surface area (TPSA) is 46.6 Å². The maximum atomic E-state index is 13.1. The lowest BCUT2D eigenvalue weighted by molar-refractivity contribution is -0.133. The number of nitrogens with zero attached hydrogens (tertiary/aromatic N) is 1. The molecule has 0 bridgehead atoms. The fourth-order valence-corrected chi connectivity index (χ4v) is 2.45. The van der Waals surface area contributed by atoms with E-state index < -0.39 is 18.5 Å². The highest BCUT2D eigenvalue weighted by atomic mass is 35.5. The van der Waals surface area contributed by atoms with E-state index in [1.165, 1.54) is 42.3 Å². The number of carbonyl (C=O) groups excluding carboxylic acids is 2. The average molecular weight is 370 g/mol. The molecule has 24 heavy (non-hydrogen) atoms. The van der Waals surface area contributed by atoms with Crippen LogP contribution in [0.2, 0.25) is 10.0 Å². The van der Waals surface area contributed by atoms with Gasteiger partial charge in [0.2, 0.25) is 0 Å². The minimum Gasteiger partial charge on any atom is -0.452 e. The lowest BCUT2D eigenvalue weighted by atomic mass is 10.2. The molecule has 0 aliphatic heterocycles. The third-order valence-electron chi connectivity index (χ3n) is 3.21. The zero-order valence-corrected chi connectivity index (χ0v) is 14.3. The minimum atomic E-state index is -0.718. The van der Waals surface area contributed by atoms with E-state index in [-0.39, 0.29) is 22.9 Å². The van der Waals surface area contributed by atoms with Crippen LogP contribution >= 0.6 is 23.2 Å². The van der Waals surface area contributed by atoms with Crippen molar-refractivity contribution >= 4 is 35.1 Å². The summed E-state index contributed by atoms with van der Waals surface area (Å²) in [5.74, 6) is -1.51. The highest BCUT2D eigenvalue weighted by molar-refractivity contribution is 6.36. The number of rotatable bonds is 5. The van der Waals surface area contributed by atoms with Crippen LogP contribution in [0.5, 0.6) is 0 Å². The van der Waals surface area contributed by atoms with Gasteiger partial charge in [-0.3, -0.25) is 4.79 Å². The molecule has 2 aromatic carbocycles. The molecule has 0 aliphatic rings. The molecule has 0 fully saturated rings. The molecule has 2 rings (SSSR count). The van der Waals surface area contributed by atoms with Crippen molar-refractivity contribution in [1.82, 2.24) is 4.90 Å². The van der Waals surface area contributed by atoms with Crippen molar-refractivity contribution in [2.24, 2.45) is 0 Å². The summed E-state index contributed by atoms with van der Waals surface area (Å²) in [4.78, 5) is 25.3. The maximum absolute atomic E-state index is 13.1. The van der Waals surface area contributed by atoms with Gasteiger partial charge in [0.1, 0.15) is 5.82 Å². The number of hydrogen-bond donors (Lipinski definition) is 0. The first kappa shape index (κ1) is 18.2. The lowest BCUT2D eigenvalue weighted by Crippen LogP contribution is -2.30. The Bertz CT molecular complexity index is 767. The van der Waals surface area contributed by atoms with Crippen LogP contribution < -0.4 is 0 Å². The second-order valence-electron chi connectivity index (χ2n) is 5.08. The molecule has 4 nitrogen and oxygen atoms in total. The molecule has 2 aromatic rings.